The number of carbonyl (C=O) groups is 3. The van der Waals surface area contributed by atoms with Crippen LogP contribution < -0.4 is 10.6 Å². The lowest BCUT2D eigenvalue weighted by Crippen LogP contribution is -2.55. The number of rotatable bonds is 10. The van der Waals surface area contributed by atoms with Crippen LogP contribution in [0.2, 0.25) is 0 Å². The summed E-state index contributed by atoms with van der Waals surface area (Å²) in [4.78, 5) is 37.1. The van der Waals surface area contributed by atoms with E-state index in [0.717, 1.165) is 35.1 Å². The van der Waals surface area contributed by atoms with Gasteiger partial charge in [-0.15, -0.1) is 0 Å². The highest BCUT2D eigenvalue weighted by molar-refractivity contribution is 5.89. The number of hydrogen-bond donors (Lipinski definition) is 3. The Morgan fingerprint density at radius 3 is 2.12 bits per heavy atom. The number of hydrogen-bond acceptors (Lipinski definition) is 5. The van der Waals surface area contributed by atoms with Gasteiger partial charge in [0.1, 0.15) is 12.6 Å². The van der Waals surface area contributed by atoms with Crippen molar-refractivity contribution in [1.82, 2.24) is 10.6 Å². The molecule has 0 radical (unpaired) electrons. The molecule has 2 aliphatic carbocycles. The first-order valence-electron chi connectivity index (χ1n) is 11.6. The second-order valence-corrected chi connectivity index (χ2v) is 8.97. The summed E-state index contributed by atoms with van der Waals surface area (Å²) in [6, 6.07) is 14.0. The standard InChI is InChI=1S/C26H30N2O6/c1-15(33-2)23(25(30)31)28-24(29)22(13-16-11-12-16)27-26(32)34-14-21-19-9-5-3-7-17(19)18-8-4-6-10-20(18)21/h3-10,15-16,21-23H,11-14H2,1-2H3,(H,27,32)(H,28,29)(H,30,31). The number of ether oxygens (including phenoxy) is 2. The zero-order valence-corrected chi connectivity index (χ0v) is 19.3. The first-order chi connectivity index (χ1) is 16.4. The van der Waals surface area contributed by atoms with Crippen LogP contribution in [0.4, 0.5) is 4.79 Å². The van der Waals surface area contributed by atoms with Crippen molar-refractivity contribution in [1.29, 1.82) is 0 Å². The van der Waals surface area contributed by atoms with E-state index in [0.29, 0.717) is 12.3 Å². The largest absolute Gasteiger partial charge is 0.480 e. The maximum absolute atomic E-state index is 12.9. The van der Waals surface area contributed by atoms with Crippen molar-refractivity contribution in [2.75, 3.05) is 13.7 Å². The minimum atomic E-state index is -1.22. The van der Waals surface area contributed by atoms with Crippen LogP contribution in [-0.2, 0) is 19.1 Å². The lowest BCUT2D eigenvalue weighted by molar-refractivity contribution is -0.145. The minimum Gasteiger partial charge on any atom is -0.480 e. The number of amides is 2. The van der Waals surface area contributed by atoms with E-state index >= 15 is 0 Å². The van der Waals surface area contributed by atoms with E-state index in [4.69, 9.17) is 9.47 Å². The van der Waals surface area contributed by atoms with E-state index in [1.807, 2.05) is 36.4 Å². The van der Waals surface area contributed by atoms with Crippen molar-refractivity contribution in [3.8, 4) is 11.1 Å². The Labute approximate surface area is 198 Å². The summed E-state index contributed by atoms with van der Waals surface area (Å²) in [6.45, 7) is 1.70. The third kappa shape index (κ3) is 5.22. The van der Waals surface area contributed by atoms with Crippen molar-refractivity contribution in [3.05, 3.63) is 59.7 Å². The van der Waals surface area contributed by atoms with Gasteiger partial charge in [-0.1, -0.05) is 61.4 Å². The number of carboxylic acids is 1. The van der Waals surface area contributed by atoms with E-state index in [1.165, 1.54) is 7.11 Å². The van der Waals surface area contributed by atoms with Crippen LogP contribution in [0.1, 0.15) is 43.2 Å². The Hall–Kier alpha value is -3.39. The molecule has 0 aliphatic heterocycles. The van der Waals surface area contributed by atoms with Gasteiger partial charge in [-0.3, -0.25) is 4.79 Å². The maximum atomic E-state index is 12.9. The summed E-state index contributed by atoms with van der Waals surface area (Å²) in [5.41, 5.74) is 4.46. The van der Waals surface area contributed by atoms with E-state index in [9.17, 15) is 19.5 Å². The number of nitrogens with one attached hydrogen (secondary N) is 2. The summed E-state index contributed by atoms with van der Waals surface area (Å²) >= 11 is 0. The third-order valence-electron chi connectivity index (χ3n) is 6.62. The Morgan fingerprint density at radius 2 is 1.59 bits per heavy atom. The van der Waals surface area contributed by atoms with Crippen molar-refractivity contribution in [3.63, 3.8) is 0 Å². The van der Waals surface area contributed by atoms with Crippen molar-refractivity contribution in [2.24, 2.45) is 5.92 Å². The molecule has 3 N–H and O–H groups in total. The molecule has 3 unspecified atom stereocenters. The number of aliphatic carboxylic acids is 1. The normalized spacial score (nSPS) is 17.1. The fraction of sp³-hybridized carbons (Fsp3) is 0.423. The number of fused-ring (bicyclic) bond motifs is 3. The zero-order valence-electron chi connectivity index (χ0n) is 19.3. The van der Waals surface area contributed by atoms with Gasteiger partial charge in [0.15, 0.2) is 6.04 Å². The molecule has 1 saturated carbocycles. The van der Waals surface area contributed by atoms with Crippen LogP contribution >= 0.6 is 0 Å². The summed E-state index contributed by atoms with van der Waals surface area (Å²) in [5.74, 6) is -1.52. The number of carbonyl (C=O) groups excluding carboxylic acids is 2. The molecular weight excluding hydrogens is 436 g/mol. The highest BCUT2D eigenvalue weighted by Gasteiger charge is 2.35. The number of benzene rings is 2. The van der Waals surface area contributed by atoms with E-state index in [2.05, 4.69) is 22.8 Å². The maximum Gasteiger partial charge on any atom is 0.407 e. The Bertz CT molecular complexity index is 1020. The summed E-state index contributed by atoms with van der Waals surface area (Å²) < 4.78 is 10.6. The molecule has 0 heterocycles. The average Bonchev–Trinajstić information content (AvgIpc) is 3.60. The molecule has 2 amide bonds. The number of methoxy groups -OCH3 is 1. The first-order valence-corrected chi connectivity index (χ1v) is 11.6. The second kappa shape index (κ2) is 10.3. The predicted octanol–water partition coefficient (Wildman–Crippen LogP) is 3.30. The molecule has 0 bridgehead atoms. The Balaban J connectivity index is 1.41. The Kier molecular flexibility index (Phi) is 7.17. The summed E-state index contributed by atoms with van der Waals surface area (Å²) in [6.07, 6.45) is 0.968. The molecule has 0 spiro atoms. The van der Waals surface area contributed by atoms with Gasteiger partial charge < -0.3 is 25.2 Å². The molecule has 8 heteroatoms. The van der Waals surface area contributed by atoms with Crippen molar-refractivity contribution < 1.29 is 29.0 Å². The quantitative estimate of drug-likeness (QED) is 0.495. The lowest BCUT2D eigenvalue weighted by atomic mass is 9.98. The Morgan fingerprint density at radius 1 is 1.00 bits per heavy atom. The van der Waals surface area contributed by atoms with E-state index in [1.54, 1.807) is 6.92 Å². The number of carboxylic acid groups (broad SMARTS) is 1. The predicted molar refractivity (Wildman–Crippen MR) is 125 cm³/mol. The van der Waals surface area contributed by atoms with Crippen LogP contribution in [-0.4, -0.2) is 55.0 Å². The van der Waals surface area contributed by atoms with Gasteiger partial charge >= 0.3 is 12.1 Å². The van der Waals surface area contributed by atoms with Crippen LogP contribution in [0.25, 0.3) is 11.1 Å². The van der Waals surface area contributed by atoms with Crippen LogP contribution in [0, 0.1) is 5.92 Å². The fourth-order valence-corrected chi connectivity index (χ4v) is 4.47. The molecule has 2 aromatic carbocycles. The van der Waals surface area contributed by atoms with Gasteiger partial charge in [0.25, 0.3) is 0 Å². The lowest BCUT2D eigenvalue weighted by Gasteiger charge is -2.24. The minimum absolute atomic E-state index is 0.0900. The molecule has 0 saturated heterocycles. The van der Waals surface area contributed by atoms with E-state index in [-0.39, 0.29) is 12.5 Å². The van der Waals surface area contributed by atoms with Gasteiger partial charge in [0.2, 0.25) is 5.91 Å². The fourth-order valence-electron chi connectivity index (χ4n) is 4.47. The van der Waals surface area contributed by atoms with Crippen molar-refractivity contribution >= 4 is 18.0 Å². The summed E-state index contributed by atoms with van der Waals surface area (Å²) in [5, 5.41) is 14.6. The second-order valence-electron chi connectivity index (χ2n) is 8.97. The van der Waals surface area contributed by atoms with Crippen LogP contribution in [0.5, 0.6) is 0 Å². The molecule has 180 valence electrons. The molecular formula is C26H30N2O6. The molecule has 0 aromatic heterocycles. The highest BCUT2D eigenvalue weighted by Crippen LogP contribution is 2.44. The molecule has 2 aromatic rings. The third-order valence-corrected chi connectivity index (χ3v) is 6.62. The van der Waals surface area contributed by atoms with Gasteiger partial charge in [0, 0.05) is 13.0 Å². The van der Waals surface area contributed by atoms with Crippen LogP contribution in [0.15, 0.2) is 48.5 Å². The summed E-state index contributed by atoms with van der Waals surface area (Å²) in [7, 11) is 1.38. The van der Waals surface area contributed by atoms with E-state index < -0.39 is 36.2 Å². The number of alkyl carbamates (subject to hydrolysis) is 1. The van der Waals surface area contributed by atoms with Gasteiger partial charge in [-0.25, -0.2) is 9.59 Å². The highest BCUT2D eigenvalue weighted by atomic mass is 16.5. The van der Waals surface area contributed by atoms with Gasteiger partial charge in [0.05, 0.1) is 6.10 Å². The molecule has 8 nitrogen and oxygen atoms in total. The zero-order chi connectivity index (χ0) is 24.2. The van der Waals surface area contributed by atoms with Crippen molar-refractivity contribution in [2.45, 2.75) is 50.3 Å². The first kappa shape index (κ1) is 23.8. The smallest absolute Gasteiger partial charge is 0.407 e. The molecule has 34 heavy (non-hydrogen) atoms. The molecule has 3 atom stereocenters. The topological polar surface area (TPSA) is 114 Å². The van der Waals surface area contributed by atoms with Gasteiger partial charge in [-0.2, -0.15) is 0 Å². The molecule has 1 fully saturated rings. The van der Waals surface area contributed by atoms with Gasteiger partial charge in [-0.05, 0) is 41.5 Å². The molecule has 2 aliphatic rings. The monoisotopic (exact) mass is 466 g/mol. The molecule has 4 rings (SSSR count). The van der Waals surface area contributed by atoms with Crippen LogP contribution in [0.3, 0.4) is 0 Å². The average molecular weight is 467 g/mol. The SMILES string of the molecule is COC(C)C(NC(=O)C(CC1CC1)NC(=O)OCC1c2ccccc2-c2ccccc21)C(=O)O.